The van der Waals surface area contributed by atoms with Gasteiger partial charge in [0.15, 0.2) is 5.78 Å². The van der Waals surface area contributed by atoms with Crippen LogP contribution >= 0.6 is 0 Å². The van der Waals surface area contributed by atoms with Gasteiger partial charge in [0.05, 0.1) is 7.11 Å². The van der Waals surface area contributed by atoms with Crippen LogP contribution in [0, 0.1) is 0 Å². The number of ketones is 1. The summed E-state index contributed by atoms with van der Waals surface area (Å²) in [6.45, 7) is 1.81. The average molecular weight is 126 g/mol. The molecule has 0 saturated carbocycles. The lowest BCUT2D eigenvalue weighted by molar-refractivity contribution is -0.114. The molecule has 1 rings (SSSR count). The molecule has 0 atom stereocenters. The Balaban J connectivity index is 2.79. The van der Waals surface area contributed by atoms with Crippen LogP contribution in [0.4, 0.5) is 0 Å². The summed E-state index contributed by atoms with van der Waals surface area (Å²) < 4.78 is 4.95. The molecular formula is C7H10O2. The van der Waals surface area contributed by atoms with E-state index < -0.39 is 0 Å². The Kier molecular flexibility index (Phi) is 1.56. The van der Waals surface area contributed by atoms with E-state index in [1.54, 1.807) is 7.11 Å². The van der Waals surface area contributed by atoms with Gasteiger partial charge in [0.2, 0.25) is 0 Å². The molecule has 0 aromatic rings. The largest absolute Gasteiger partial charge is 0.501 e. The second-order valence-electron chi connectivity index (χ2n) is 2.18. The van der Waals surface area contributed by atoms with Gasteiger partial charge in [-0.05, 0) is 6.92 Å². The third kappa shape index (κ3) is 0.969. The van der Waals surface area contributed by atoms with Crippen LogP contribution in [0.3, 0.4) is 0 Å². The summed E-state index contributed by atoms with van der Waals surface area (Å²) in [7, 11) is 1.61. The first-order valence-electron chi connectivity index (χ1n) is 3.02. The molecule has 0 N–H and O–H groups in total. The standard InChI is InChI=1S/C7H10O2/c1-5-6(8)3-4-7(5)9-2/h3-4H2,1-2H3. The van der Waals surface area contributed by atoms with Crippen molar-refractivity contribution in [2.45, 2.75) is 19.8 Å². The quantitative estimate of drug-likeness (QED) is 0.529. The zero-order valence-electron chi connectivity index (χ0n) is 5.73. The third-order valence-corrected chi connectivity index (χ3v) is 1.66. The van der Waals surface area contributed by atoms with Crippen molar-refractivity contribution in [2.24, 2.45) is 0 Å². The highest BCUT2D eigenvalue weighted by atomic mass is 16.5. The Morgan fingerprint density at radius 1 is 1.44 bits per heavy atom. The molecular weight excluding hydrogens is 116 g/mol. The molecule has 0 unspecified atom stereocenters. The van der Waals surface area contributed by atoms with Crippen LogP contribution in [0.1, 0.15) is 19.8 Å². The SMILES string of the molecule is COC1=C(C)C(=O)CC1. The van der Waals surface area contributed by atoms with E-state index in [0.29, 0.717) is 6.42 Å². The molecule has 0 aromatic carbocycles. The van der Waals surface area contributed by atoms with Crippen molar-refractivity contribution in [3.05, 3.63) is 11.3 Å². The van der Waals surface area contributed by atoms with E-state index in [-0.39, 0.29) is 5.78 Å². The smallest absolute Gasteiger partial charge is 0.162 e. The van der Waals surface area contributed by atoms with E-state index in [0.717, 1.165) is 17.8 Å². The highest BCUT2D eigenvalue weighted by Gasteiger charge is 2.18. The highest BCUT2D eigenvalue weighted by molar-refractivity contribution is 5.97. The molecule has 9 heavy (non-hydrogen) atoms. The Bertz CT molecular complexity index is 168. The Morgan fingerprint density at radius 2 is 2.11 bits per heavy atom. The van der Waals surface area contributed by atoms with Crippen LogP contribution in [0.2, 0.25) is 0 Å². The van der Waals surface area contributed by atoms with Crippen LogP contribution in [0.5, 0.6) is 0 Å². The first kappa shape index (κ1) is 6.33. The predicted octanol–water partition coefficient (Wildman–Crippen LogP) is 1.27. The number of ether oxygens (including phenoxy) is 1. The maximum atomic E-state index is 10.8. The van der Waals surface area contributed by atoms with E-state index in [9.17, 15) is 4.79 Å². The topological polar surface area (TPSA) is 26.3 Å². The van der Waals surface area contributed by atoms with E-state index in [4.69, 9.17) is 4.74 Å². The van der Waals surface area contributed by atoms with Gasteiger partial charge in [0, 0.05) is 18.4 Å². The zero-order valence-corrected chi connectivity index (χ0v) is 5.73. The highest BCUT2D eigenvalue weighted by Crippen LogP contribution is 2.21. The molecule has 1 aliphatic carbocycles. The Labute approximate surface area is 54.5 Å². The van der Waals surface area contributed by atoms with Gasteiger partial charge in [0.1, 0.15) is 5.76 Å². The minimum atomic E-state index is 0.229. The van der Waals surface area contributed by atoms with E-state index in [1.807, 2.05) is 6.92 Å². The number of hydrogen-bond acceptors (Lipinski definition) is 2. The fourth-order valence-corrected chi connectivity index (χ4v) is 1.01. The number of Topliss-reactive ketones (excluding diaryl/α,β-unsaturated/α-hetero) is 1. The predicted molar refractivity (Wildman–Crippen MR) is 33.9 cm³/mol. The van der Waals surface area contributed by atoms with Crippen LogP contribution in [-0.4, -0.2) is 12.9 Å². The van der Waals surface area contributed by atoms with Crippen LogP contribution in [-0.2, 0) is 9.53 Å². The molecule has 0 amide bonds. The average Bonchev–Trinajstić information content (AvgIpc) is 2.15. The minimum absolute atomic E-state index is 0.229. The molecule has 0 heterocycles. The van der Waals surface area contributed by atoms with Gasteiger partial charge >= 0.3 is 0 Å². The molecule has 0 aromatic heterocycles. The summed E-state index contributed by atoms with van der Waals surface area (Å²) in [5.74, 6) is 1.09. The van der Waals surface area contributed by atoms with Crippen molar-refractivity contribution in [1.82, 2.24) is 0 Å². The normalized spacial score (nSPS) is 19.1. The van der Waals surface area contributed by atoms with E-state index >= 15 is 0 Å². The molecule has 0 saturated heterocycles. The van der Waals surface area contributed by atoms with Crippen molar-refractivity contribution in [1.29, 1.82) is 0 Å². The van der Waals surface area contributed by atoms with Gasteiger partial charge in [-0.25, -0.2) is 0 Å². The molecule has 2 heteroatoms. The molecule has 0 aliphatic heterocycles. The van der Waals surface area contributed by atoms with Crippen molar-refractivity contribution in [3.63, 3.8) is 0 Å². The number of allylic oxidation sites excluding steroid dienone is 2. The summed E-state index contributed by atoms with van der Waals surface area (Å²) in [5.41, 5.74) is 0.803. The van der Waals surface area contributed by atoms with Gasteiger partial charge in [0.25, 0.3) is 0 Å². The molecule has 0 radical (unpaired) electrons. The Morgan fingerprint density at radius 3 is 2.33 bits per heavy atom. The number of methoxy groups -OCH3 is 1. The summed E-state index contributed by atoms with van der Waals surface area (Å²) in [6, 6.07) is 0. The number of carbonyl (C=O) groups excluding carboxylic acids is 1. The number of carbonyl (C=O) groups is 1. The van der Waals surface area contributed by atoms with Gasteiger partial charge in [-0.3, -0.25) is 4.79 Å². The van der Waals surface area contributed by atoms with E-state index in [1.165, 1.54) is 0 Å². The molecule has 0 bridgehead atoms. The summed E-state index contributed by atoms with van der Waals surface area (Å²) in [4.78, 5) is 10.8. The minimum Gasteiger partial charge on any atom is -0.501 e. The Hall–Kier alpha value is -0.790. The van der Waals surface area contributed by atoms with Crippen LogP contribution in [0.25, 0.3) is 0 Å². The monoisotopic (exact) mass is 126 g/mol. The summed E-state index contributed by atoms with van der Waals surface area (Å²) in [6.07, 6.45) is 1.43. The van der Waals surface area contributed by atoms with Crippen molar-refractivity contribution < 1.29 is 9.53 Å². The molecule has 50 valence electrons. The second-order valence-corrected chi connectivity index (χ2v) is 2.18. The molecule has 2 nitrogen and oxygen atoms in total. The number of hydrogen-bond donors (Lipinski definition) is 0. The third-order valence-electron chi connectivity index (χ3n) is 1.66. The van der Waals surface area contributed by atoms with Crippen LogP contribution < -0.4 is 0 Å². The van der Waals surface area contributed by atoms with Gasteiger partial charge in [-0.2, -0.15) is 0 Å². The summed E-state index contributed by atoms with van der Waals surface area (Å²) in [5, 5.41) is 0. The zero-order chi connectivity index (χ0) is 6.85. The van der Waals surface area contributed by atoms with E-state index in [2.05, 4.69) is 0 Å². The van der Waals surface area contributed by atoms with Crippen LogP contribution in [0.15, 0.2) is 11.3 Å². The molecule has 0 fully saturated rings. The summed E-state index contributed by atoms with van der Waals surface area (Å²) >= 11 is 0. The molecule has 0 spiro atoms. The fraction of sp³-hybridized carbons (Fsp3) is 0.571. The fourth-order valence-electron chi connectivity index (χ4n) is 1.01. The van der Waals surface area contributed by atoms with Crippen molar-refractivity contribution in [2.75, 3.05) is 7.11 Å². The lowest BCUT2D eigenvalue weighted by Crippen LogP contribution is -1.90. The first-order valence-corrected chi connectivity index (χ1v) is 3.02. The lowest BCUT2D eigenvalue weighted by Gasteiger charge is -1.97. The maximum absolute atomic E-state index is 10.8. The van der Waals surface area contributed by atoms with Gasteiger partial charge in [-0.15, -0.1) is 0 Å². The van der Waals surface area contributed by atoms with Crippen molar-refractivity contribution in [3.8, 4) is 0 Å². The second kappa shape index (κ2) is 2.21. The van der Waals surface area contributed by atoms with Crippen molar-refractivity contribution >= 4 is 5.78 Å². The lowest BCUT2D eigenvalue weighted by atomic mass is 10.2. The molecule has 1 aliphatic rings. The van der Waals surface area contributed by atoms with Gasteiger partial charge < -0.3 is 4.74 Å². The first-order chi connectivity index (χ1) is 4.25. The van der Waals surface area contributed by atoms with Gasteiger partial charge in [-0.1, -0.05) is 0 Å². The maximum Gasteiger partial charge on any atom is 0.162 e. The number of rotatable bonds is 1.